The maximum Gasteiger partial charge on any atom is 0.246 e. The molecule has 1 aromatic carbocycles. The first kappa shape index (κ1) is 15.1. The van der Waals surface area contributed by atoms with Crippen molar-refractivity contribution < 1.29 is 9.59 Å². The lowest BCUT2D eigenvalue weighted by Crippen LogP contribution is -2.51. The number of thioether (sulfide) groups is 1. The van der Waals surface area contributed by atoms with Crippen molar-refractivity contribution in [3.05, 3.63) is 35.4 Å². The fraction of sp³-hybridized carbons (Fsp3) is 0.556. The Morgan fingerprint density at radius 2 is 2.13 bits per heavy atom. The Morgan fingerprint density at radius 1 is 1.35 bits per heavy atom. The van der Waals surface area contributed by atoms with Crippen LogP contribution in [0, 0.1) is 0 Å². The molecule has 5 heteroatoms. The number of rotatable bonds is 2. The van der Waals surface area contributed by atoms with Gasteiger partial charge >= 0.3 is 0 Å². The van der Waals surface area contributed by atoms with E-state index in [1.54, 1.807) is 11.8 Å². The Kier molecular flexibility index (Phi) is 3.45. The molecule has 1 aliphatic carbocycles. The molecule has 0 bridgehead atoms. The molecule has 3 unspecified atom stereocenters. The van der Waals surface area contributed by atoms with Gasteiger partial charge in [-0.05, 0) is 37.3 Å². The van der Waals surface area contributed by atoms with Crippen molar-refractivity contribution in [2.24, 2.45) is 0 Å². The zero-order chi connectivity index (χ0) is 16.2. The predicted octanol–water partition coefficient (Wildman–Crippen LogP) is 2.59. The number of aryl methyl sites for hydroxylation is 1. The third-order valence-corrected chi connectivity index (χ3v) is 7.15. The van der Waals surface area contributed by atoms with Crippen molar-refractivity contribution in [3.8, 4) is 0 Å². The lowest BCUT2D eigenvalue weighted by atomic mass is 10.1. The number of fused-ring (bicyclic) bond motifs is 2. The molecule has 0 N–H and O–H groups in total. The SMILES string of the molecule is CN(C(=O)C1CSC2(C)CCC(=O)N12)C1CCc2ccccc21. The van der Waals surface area contributed by atoms with Crippen molar-refractivity contribution in [2.45, 2.75) is 49.6 Å². The lowest BCUT2D eigenvalue weighted by molar-refractivity contribution is -0.144. The second-order valence-electron chi connectivity index (χ2n) is 6.97. The number of benzene rings is 1. The van der Waals surface area contributed by atoms with Crippen LogP contribution in [0.1, 0.15) is 43.4 Å². The summed E-state index contributed by atoms with van der Waals surface area (Å²) >= 11 is 1.76. The van der Waals surface area contributed by atoms with Gasteiger partial charge in [-0.3, -0.25) is 9.59 Å². The molecule has 4 rings (SSSR count). The molecule has 0 aromatic heterocycles. The van der Waals surface area contributed by atoms with E-state index in [-0.39, 0.29) is 28.8 Å². The fourth-order valence-electron chi connectivity index (χ4n) is 4.33. The maximum atomic E-state index is 13.1. The van der Waals surface area contributed by atoms with Gasteiger partial charge in [-0.2, -0.15) is 0 Å². The van der Waals surface area contributed by atoms with Crippen LogP contribution < -0.4 is 0 Å². The number of nitrogens with zero attached hydrogens (tertiary/aromatic N) is 2. The summed E-state index contributed by atoms with van der Waals surface area (Å²) in [7, 11) is 1.90. The maximum absolute atomic E-state index is 13.1. The average Bonchev–Trinajstić information content (AvgIpc) is 3.20. The quantitative estimate of drug-likeness (QED) is 0.837. The van der Waals surface area contributed by atoms with Gasteiger partial charge in [0.15, 0.2) is 0 Å². The van der Waals surface area contributed by atoms with Crippen LogP contribution >= 0.6 is 11.8 Å². The molecule has 2 heterocycles. The Balaban J connectivity index is 1.57. The van der Waals surface area contributed by atoms with Crippen LogP contribution in [0.2, 0.25) is 0 Å². The molecule has 2 saturated heterocycles. The Hall–Kier alpha value is -1.49. The molecule has 2 amide bonds. The molecule has 3 aliphatic rings. The number of amides is 2. The largest absolute Gasteiger partial charge is 0.337 e. The number of hydrogen-bond donors (Lipinski definition) is 0. The molecule has 1 aromatic rings. The molecule has 0 saturated carbocycles. The van der Waals surface area contributed by atoms with Gasteiger partial charge < -0.3 is 9.80 Å². The van der Waals surface area contributed by atoms with Crippen molar-refractivity contribution >= 4 is 23.6 Å². The summed E-state index contributed by atoms with van der Waals surface area (Å²) in [6.45, 7) is 2.10. The van der Waals surface area contributed by atoms with Crippen molar-refractivity contribution in [2.75, 3.05) is 12.8 Å². The number of hydrogen-bond acceptors (Lipinski definition) is 3. The van der Waals surface area contributed by atoms with Crippen molar-refractivity contribution in [1.29, 1.82) is 0 Å². The van der Waals surface area contributed by atoms with E-state index >= 15 is 0 Å². The van der Waals surface area contributed by atoms with Gasteiger partial charge in [0.1, 0.15) is 6.04 Å². The summed E-state index contributed by atoms with van der Waals surface area (Å²) in [6.07, 6.45) is 3.43. The number of likely N-dealkylation sites (N-methyl/N-ethyl adjacent to an activating group) is 1. The van der Waals surface area contributed by atoms with E-state index in [0.29, 0.717) is 6.42 Å². The van der Waals surface area contributed by atoms with Crippen LogP contribution in [-0.2, 0) is 16.0 Å². The van der Waals surface area contributed by atoms with Gasteiger partial charge in [-0.15, -0.1) is 11.8 Å². The minimum Gasteiger partial charge on any atom is -0.337 e. The molecule has 3 atom stereocenters. The van der Waals surface area contributed by atoms with Crippen LogP contribution in [0.3, 0.4) is 0 Å². The van der Waals surface area contributed by atoms with Crippen LogP contribution in [-0.4, -0.2) is 45.3 Å². The highest BCUT2D eigenvalue weighted by atomic mass is 32.2. The third kappa shape index (κ3) is 2.20. The van der Waals surface area contributed by atoms with Gasteiger partial charge in [0.25, 0.3) is 0 Å². The smallest absolute Gasteiger partial charge is 0.246 e. The first-order valence-corrected chi connectivity index (χ1v) is 9.30. The Bertz CT molecular complexity index is 677. The lowest BCUT2D eigenvalue weighted by Gasteiger charge is -2.34. The predicted molar refractivity (Wildman–Crippen MR) is 91.0 cm³/mol. The minimum atomic E-state index is -0.294. The fourth-order valence-corrected chi connectivity index (χ4v) is 5.75. The van der Waals surface area contributed by atoms with Gasteiger partial charge in [0.2, 0.25) is 11.8 Å². The van der Waals surface area contributed by atoms with Gasteiger partial charge in [0, 0.05) is 19.2 Å². The molecule has 2 fully saturated rings. The molecular weight excluding hydrogens is 308 g/mol. The highest BCUT2D eigenvalue weighted by molar-refractivity contribution is 8.01. The number of carbonyl (C=O) groups excluding carboxylic acids is 2. The van der Waals surface area contributed by atoms with E-state index in [1.165, 1.54) is 11.1 Å². The first-order valence-electron chi connectivity index (χ1n) is 8.32. The van der Waals surface area contributed by atoms with Crippen molar-refractivity contribution in [3.63, 3.8) is 0 Å². The summed E-state index contributed by atoms with van der Waals surface area (Å²) in [6, 6.07) is 8.24. The Labute approximate surface area is 141 Å². The minimum absolute atomic E-state index is 0.0955. The van der Waals surface area contributed by atoms with Crippen LogP contribution in [0.4, 0.5) is 0 Å². The highest BCUT2D eigenvalue weighted by Crippen LogP contribution is 2.48. The number of carbonyl (C=O) groups is 2. The van der Waals surface area contributed by atoms with Crippen LogP contribution in [0.15, 0.2) is 24.3 Å². The van der Waals surface area contributed by atoms with Crippen LogP contribution in [0.25, 0.3) is 0 Å². The van der Waals surface area contributed by atoms with Gasteiger partial charge in [-0.25, -0.2) is 0 Å². The van der Waals surface area contributed by atoms with E-state index in [9.17, 15) is 9.59 Å². The zero-order valence-electron chi connectivity index (χ0n) is 13.6. The molecule has 0 spiro atoms. The molecule has 23 heavy (non-hydrogen) atoms. The first-order chi connectivity index (χ1) is 11.0. The monoisotopic (exact) mass is 330 g/mol. The topological polar surface area (TPSA) is 40.6 Å². The van der Waals surface area contributed by atoms with Gasteiger partial charge in [0.05, 0.1) is 10.9 Å². The van der Waals surface area contributed by atoms with E-state index in [2.05, 4.69) is 25.1 Å². The highest BCUT2D eigenvalue weighted by Gasteiger charge is 2.53. The molecule has 0 radical (unpaired) electrons. The van der Waals surface area contributed by atoms with E-state index in [1.807, 2.05) is 22.9 Å². The second kappa shape index (κ2) is 5.26. The summed E-state index contributed by atoms with van der Waals surface area (Å²) < 4.78 is 0. The Morgan fingerprint density at radius 3 is 2.96 bits per heavy atom. The normalized spacial score (nSPS) is 32.1. The molecule has 2 aliphatic heterocycles. The van der Waals surface area contributed by atoms with Gasteiger partial charge in [-0.1, -0.05) is 24.3 Å². The van der Waals surface area contributed by atoms with E-state index in [4.69, 9.17) is 0 Å². The second-order valence-corrected chi connectivity index (χ2v) is 8.47. The van der Waals surface area contributed by atoms with E-state index < -0.39 is 0 Å². The van der Waals surface area contributed by atoms with Crippen LogP contribution in [0.5, 0.6) is 0 Å². The summed E-state index contributed by atoms with van der Waals surface area (Å²) in [5.41, 5.74) is 2.62. The average molecular weight is 330 g/mol. The summed E-state index contributed by atoms with van der Waals surface area (Å²) in [5.74, 6) is 0.953. The molecule has 122 valence electrons. The zero-order valence-corrected chi connectivity index (χ0v) is 14.4. The van der Waals surface area contributed by atoms with Crippen molar-refractivity contribution in [1.82, 2.24) is 9.80 Å². The molecular formula is C18H22N2O2S. The third-order valence-electron chi connectivity index (χ3n) is 5.65. The molecule has 4 nitrogen and oxygen atoms in total. The van der Waals surface area contributed by atoms with E-state index in [0.717, 1.165) is 25.0 Å². The standard InChI is InChI=1S/C18H22N2O2S/c1-18-10-9-16(21)20(18)15(11-23-18)17(22)19(2)14-8-7-12-5-3-4-6-13(12)14/h3-6,14-15H,7-11H2,1-2H3. The summed E-state index contributed by atoms with van der Waals surface area (Å²) in [5, 5.41) is 0. The summed E-state index contributed by atoms with van der Waals surface area (Å²) in [4.78, 5) is 28.9.